The molecule has 0 aliphatic carbocycles. The van der Waals surface area contributed by atoms with E-state index in [0.717, 1.165) is 31.5 Å². The average molecular weight is 321 g/mol. The van der Waals surface area contributed by atoms with Crippen molar-refractivity contribution in [3.63, 3.8) is 0 Å². The van der Waals surface area contributed by atoms with Gasteiger partial charge in [0.25, 0.3) is 0 Å². The second kappa shape index (κ2) is 10.8. The van der Waals surface area contributed by atoms with E-state index >= 15 is 0 Å². The van der Waals surface area contributed by atoms with E-state index in [1.54, 1.807) is 0 Å². The summed E-state index contributed by atoms with van der Waals surface area (Å²) in [6.45, 7) is 5.84. The summed E-state index contributed by atoms with van der Waals surface area (Å²) in [7, 11) is 0. The molecule has 1 rings (SSSR count). The molecule has 0 bridgehead atoms. The smallest absolute Gasteiger partial charge is 0.323 e. The van der Waals surface area contributed by atoms with Gasteiger partial charge in [0, 0.05) is 6.42 Å². The van der Waals surface area contributed by atoms with E-state index in [4.69, 9.17) is 9.84 Å². The van der Waals surface area contributed by atoms with Gasteiger partial charge in [-0.1, -0.05) is 44.2 Å². The molecule has 0 radical (unpaired) electrons. The molecule has 128 valence electrons. The van der Waals surface area contributed by atoms with Gasteiger partial charge in [0.15, 0.2) is 0 Å². The normalized spacial score (nSPS) is 12.1. The monoisotopic (exact) mass is 321 g/mol. The Morgan fingerprint density at radius 2 is 1.74 bits per heavy atom. The maximum atomic E-state index is 12.5. The fraction of sp³-hybridized carbons (Fsp3) is 0.556. The fourth-order valence-corrected chi connectivity index (χ4v) is 2.53. The van der Waals surface area contributed by atoms with Crippen LogP contribution in [0.15, 0.2) is 30.3 Å². The zero-order valence-electron chi connectivity index (χ0n) is 14.0. The highest BCUT2D eigenvalue weighted by atomic mass is 16.5. The Labute approximate surface area is 138 Å². The Morgan fingerprint density at radius 3 is 2.26 bits per heavy atom. The lowest BCUT2D eigenvalue weighted by atomic mass is 10.1. The van der Waals surface area contributed by atoms with Crippen LogP contribution in [0.2, 0.25) is 0 Å². The molecule has 1 N–H and O–H groups in total. The third kappa shape index (κ3) is 7.28. The molecule has 23 heavy (non-hydrogen) atoms. The molecule has 0 aliphatic rings. The van der Waals surface area contributed by atoms with Gasteiger partial charge in [-0.2, -0.15) is 0 Å². The Hall–Kier alpha value is -1.88. The topological polar surface area (TPSA) is 66.8 Å². The molecule has 0 heterocycles. The first-order valence-electron chi connectivity index (χ1n) is 8.24. The highest BCUT2D eigenvalue weighted by molar-refractivity contribution is 5.77. The van der Waals surface area contributed by atoms with Crippen LogP contribution in [0.5, 0.6) is 0 Å². The van der Waals surface area contributed by atoms with Crippen LogP contribution < -0.4 is 0 Å². The molecule has 1 atom stereocenters. The van der Waals surface area contributed by atoms with Crippen LogP contribution in [0.3, 0.4) is 0 Å². The quantitative estimate of drug-likeness (QED) is 0.634. The van der Waals surface area contributed by atoms with Crippen molar-refractivity contribution in [1.29, 1.82) is 0 Å². The predicted octanol–water partition coefficient (Wildman–Crippen LogP) is 3.09. The molecule has 0 unspecified atom stereocenters. The summed E-state index contributed by atoms with van der Waals surface area (Å²) in [5, 5.41) is 8.92. The molecular weight excluding hydrogens is 294 g/mol. The number of ether oxygens (including phenoxy) is 1. The number of rotatable bonds is 11. The van der Waals surface area contributed by atoms with Crippen molar-refractivity contribution < 1.29 is 19.4 Å². The van der Waals surface area contributed by atoms with Crippen LogP contribution in [-0.2, 0) is 20.9 Å². The Bertz CT molecular complexity index is 469. The average Bonchev–Trinajstić information content (AvgIpc) is 2.54. The number of hydrogen-bond donors (Lipinski definition) is 1. The number of nitrogens with zero attached hydrogens (tertiary/aromatic N) is 1. The summed E-state index contributed by atoms with van der Waals surface area (Å²) >= 11 is 0. The van der Waals surface area contributed by atoms with Crippen molar-refractivity contribution in [2.45, 2.75) is 52.2 Å². The van der Waals surface area contributed by atoms with Gasteiger partial charge in [-0.25, -0.2) is 0 Å². The lowest BCUT2D eigenvalue weighted by molar-refractivity contribution is -0.152. The molecule has 0 aliphatic heterocycles. The maximum absolute atomic E-state index is 12.5. The first-order chi connectivity index (χ1) is 11.1. The zero-order chi connectivity index (χ0) is 17.1. The minimum atomic E-state index is -0.890. The highest BCUT2D eigenvalue weighted by Crippen LogP contribution is 2.13. The minimum Gasteiger partial charge on any atom is -0.481 e. The second-order valence-electron chi connectivity index (χ2n) is 5.58. The molecule has 1 aromatic carbocycles. The first-order valence-corrected chi connectivity index (χ1v) is 8.24. The molecule has 0 saturated carbocycles. The van der Waals surface area contributed by atoms with E-state index in [-0.39, 0.29) is 25.4 Å². The summed E-state index contributed by atoms with van der Waals surface area (Å²) < 4.78 is 5.42. The van der Waals surface area contributed by atoms with Crippen LogP contribution in [0.4, 0.5) is 0 Å². The van der Waals surface area contributed by atoms with Gasteiger partial charge in [0.2, 0.25) is 0 Å². The van der Waals surface area contributed by atoms with Crippen LogP contribution >= 0.6 is 0 Å². The van der Waals surface area contributed by atoms with Gasteiger partial charge >= 0.3 is 11.9 Å². The number of aliphatic carboxylic acids is 1. The fourth-order valence-electron chi connectivity index (χ4n) is 2.53. The number of carboxylic acids is 1. The van der Waals surface area contributed by atoms with E-state index in [1.165, 1.54) is 0 Å². The number of benzene rings is 1. The predicted molar refractivity (Wildman–Crippen MR) is 89.1 cm³/mol. The minimum absolute atomic E-state index is 0.0327. The van der Waals surface area contributed by atoms with Gasteiger partial charge in [0.1, 0.15) is 12.6 Å². The van der Waals surface area contributed by atoms with Crippen molar-refractivity contribution in [1.82, 2.24) is 4.90 Å². The van der Waals surface area contributed by atoms with Crippen molar-refractivity contribution >= 4 is 11.9 Å². The molecule has 0 aromatic heterocycles. The molecule has 0 amide bonds. The van der Waals surface area contributed by atoms with E-state index in [2.05, 4.69) is 0 Å². The Balaban J connectivity index is 2.71. The molecule has 1 aromatic rings. The second-order valence-corrected chi connectivity index (χ2v) is 5.58. The first kappa shape index (κ1) is 19.2. The summed E-state index contributed by atoms with van der Waals surface area (Å²) in [5.41, 5.74) is 0.926. The zero-order valence-corrected chi connectivity index (χ0v) is 14.0. The molecule has 5 heteroatoms. The lowest BCUT2D eigenvalue weighted by Crippen LogP contribution is -2.43. The van der Waals surface area contributed by atoms with Gasteiger partial charge in [0.05, 0.1) is 0 Å². The largest absolute Gasteiger partial charge is 0.481 e. The van der Waals surface area contributed by atoms with Gasteiger partial charge in [-0.15, -0.1) is 0 Å². The molecule has 5 nitrogen and oxygen atoms in total. The van der Waals surface area contributed by atoms with Gasteiger partial charge in [-0.3, -0.25) is 14.5 Å². The SMILES string of the molecule is CCCN(CCC)[C@@H](CCC(=O)O)C(=O)OCc1ccccc1. The molecule has 0 fully saturated rings. The Morgan fingerprint density at radius 1 is 1.13 bits per heavy atom. The number of carboxylic acid groups (broad SMARTS) is 1. The van der Waals surface area contributed by atoms with E-state index in [1.807, 2.05) is 49.1 Å². The number of carbonyl (C=O) groups is 2. The third-order valence-electron chi connectivity index (χ3n) is 3.59. The van der Waals surface area contributed by atoms with Crippen molar-refractivity contribution in [3.8, 4) is 0 Å². The van der Waals surface area contributed by atoms with Crippen LogP contribution in [0.25, 0.3) is 0 Å². The van der Waals surface area contributed by atoms with Crippen molar-refractivity contribution in [2.75, 3.05) is 13.1 Å². The number of carbonyl (C=O) groups excluding carboxylic acids is 1. The molecule has 0 saturated heterocycles. The number of esters is 1. The standard InChI is InChI=1S/C18H27NO4/c1-3-12-19(13-4-2)16(10-11-17(20)21)18(22)23-14-15-8-6-5-7-9-15/h5-9,16H,3-4,10-14H2,1-2H3,(H,20,21)/t16-/m0/s1. The van der Waals surface area contributed by atoms with Crippen LogP contribution in [0, 0.1) is 0 Å². The Kier molecular flexibility index (Phi) is 8.98. The third-order valence-corrected chi connectivity index (χ3v) is 3.59. The van der Waals surface area contributed by atoms with Crippen LogP contribution in [0.1, 0.15) is 45.1 Å². The summed E-state index contributed by atoms with van der Waals surface area (Å²) in [5.74, 6) is -1.23. The van der Waals surface area contributed by atoms with Crippen molar-refractivity contribution in [2.24, 2.45) is 0 Å². The molecular formula is C18H27NO4. The number of hydrogen-bond acceptors (Lipinski definition) is 4. The van der Waals surface area contributed by atoms with Crippen LogP contribution in [-0.4, -0.2) is 41.1 Å². The lowest BCUT2D eigenvalue weighted by Gasteiger charge is -2.29. The summed E-state index contributed by atoms with van der Waals surface area (Å²) in [4.78, 5) is 25.4. The summed E-state index contributed by atoms with van der Waals surface area (Å²) in [6, 6.07) is 9.00. The van der Waals surface area contributed by atoms with E-state index in [0.29, 0.717) is 0 Å². The summed E-state index contributed by atoms with van der Waals surface area (Å²) in [6.07, 6.45) is 2.07. The highest BCUT2D eigenvalue weighted by Gasteiger charge is 2.27. The van der Waals surface area contributed by atoms with Crippen molar-refractivity contribution in [3.05, 3.63) is 35.9 Å². The van der Waals surface area contributed by atoms with Gasteiger partial charge in [-0.05, 0) is 37.9 Å². The van der Waals surface area contributed by atoms with E-state index in [9.17, 15) is 9.59 Å². The maximum Gasteiger partial charge on any atom is 0.323 e. The van der Waals surface area contributed by atoms with E-state index < -0.39 is 12.0 Å². The molecule has 0 spiro atoms. The van der Waals surface area contributed by atoms with Gasteiger partial charge < -0.3 is 9.84 Å².